The molecular weight excluding hydrogens is 148 g/mol. The van der Waals surface area contributed by atoms with Gasteiger partial charge in [0.1, 0.15) is 6.61 Å². The number of hydrogen-bond donors (Lipinski definition) is 2. The quantitative estimate of drug-likeness (QED) is 0.355. The zero-order valence-electron chi connectivity index (χ0n) is 6.19. The summed E-state index contributed by atoms with van der Waals surface area (Å²) in [5.74, 6) is -0.981. The zero-order chi connectivity index (χ0) is 9.11. The maximum absolute atomic E-state index is 9.25. The Labute approximate surface area is 65.4 Å². The minimum atomic E-state index is -0.981. The highest BCUT2D eigenvalue weighted by Gasteiger charge is 1.73. The summed E-state index contributed by atoms with van der Waals surface area (Å²) in [6, 6.07) is 0. The predicted octanol–water partition coefficient (Wildman–Crippen LogP) is 0.396. The molecule has 0 unspecified atom stereocenters. The van der Waals surface area contributed by atoms with Crippen molar-refractivity contribution in [3.05, 3.63) is 25.5 Å². The predicted molar refractivity (Wildman–Crippen MR) is 41.1 cm³/mol. The third-order valence-corrected chi connectivity index (χ3v) is 0.502. The van der Waals surface area contributed by atoms with E-state index in [-0.39, 0.29) is 6.61 Å². The topological polar surface area (TPSA) is 66.8 Å². The lowest BCUT2D eigenvalue weighted by Crippen LogP contribution is -1.90. The van der Waals surface area contributed by atoms with Crippen LogP contribution in [0.15, 0.2) is 25.5 Å². The first-order chi connectivity index (χ1) is 5.18. The highest BCUT2D eigenvalue weighted by Crippen LogP contribution is 1.67. The number of carboxylic acids is 1. The number of ether oxygens (including phenoxy) is 1. The second-order valence-corrected chi connectivity index (χ2v) is 1.30. The Morgan fingerprint density at radius 1 is 1.55 bits per heavy atom. The highest BCUT2D eigenvalue weighted by atomic mass is 16.5. The number of aliphatic carboxylic acids is 1. The molecule has 0 radical (unpaired) electrons. The van der Waals surface area contributed by atoms with E-state index < -0.39 is 5.97 Å². The van der Waals surface area contributed by atoms with Gasteiger partial charge in [-0.3, -0.25) is 0 Å². The minimum Gasteiger partial charge on any atom is -0.499 e. The molecule has 0 amide bonds. The van der Waals surface area contributed by atoms with Gasteiger partial charge in [-0.1, -0.05) is 13.2 Å². The van der Waals surface area contributed by atoms with Crippen molar-refractivity contribution in [2.24, 2.45) is 0 Å². The van der Waals surface area contributed by atoms with Gasteiger partial charge >= 0.3 is 5.97 Å². The first-order valence-corrected chi connectivity index (χ1v) is 2.87. The van der Waals surface area contributed by atoms with Crippen molar-refractivity contribution in [2.75, 3.05) is 13.2 Å². The number of carboxylic acid groups (broad SMARTS) is 1. The van der Waals surface area contributed by atoms with Crippen LogP contribution in [0.3, 0.4) is 0 Å². The lowest BCUT2D eigenvalue weighted by Gasteiger charge is -1.89. The summed E-state index contributed by atoms with van der Waals surface area (Å²) < 4.78 is 4.50. The Balaban J connectivity index is 0. The van der Waals surface area contributed by atoms with Gasteiger partial charge < -0.3 is 14.9 Å². The SMILES string of the molecule is C=CC(=O)O.C=COCCO. The van der Waals surface area contributed by atoms with E-state index in [1.165, 1.54) is 6.26 Å². The normalized spacial score (nSPS) is 7.00. The van der Waals surface area contributed by atoms with Crippen LogP contribution >= 0.6 is 0 Å². The standard InChI is InChI=1S/C4H8O2.C3H4O2/c1-2-6-4-3-5;1-2-3(4)5/h2,5H,1,3-4H2;2H,1H2,(H,4,5). The average Bonchev–Trinajstić information content (AvgIpc) is 2.02. The van der Waals surface area contributed by atoms with Crippen LogP contribution < -0.4 is 0 Å². The Hall–Kier alpha value is -1.29. The fourth-order valence-electron chi connectivity index (χ4n) is 0.136. The molecule has 0 heterocycles. The Morgan fingerprint density at radius 2 is 2.00 bits per heavy atom. The van der Waals surface area contributed by atoms with Gasteiger partial charge in [0.25, 0.3) is 0 Å². The van der Waals surface area contributed by atoms with Crippen molar-refractivity contribution in [1.82, 2.24) is 0 Å². The molecule has 4 heteroatoms. The van der Waals surface area contributed by atoms with E-state index in [1.807, 2.05) is 0 Å². The van der Waals surface area contributed by atoms with Gasteiger partial charge in [-0.15, -0.1) is 0 Å². The molecule has 0 spiro atoms. The summed E-state index contributed by atoms with van der Waals surface area (Å²) in [7, 11) is 0. The van der Waals surface area contributed by atoms with Gasteiger partial charge in [-0.05, 0) is 0 Å². The summed E-state index contributed by atoms with van der Waals surface area (Å²) in [5, 5.41) is 15.6. The van der Waals surface area contributed by atoms with E-state index in [1.54, 1.807) is 0 Å². The van der Waals surface area contributed by atoms with Gasteiger partial charge in [-0.25, -0.2) is 4.79 Å². The molecule has 0 bridgehead atoms. The smallest absolute Gasteiger partial charge is 0.327 e. The molecule has 0 saturated carbocycles. The van der Waals surface area contributed by atoms with E-state index in [4.69, 9.17) is 10.2 Å². The molecule has 0 aromatic heterocycles. The van der Waals surface area contributed by atoms with E-state index >= 15 is 0 Å². The van der Waals surface area contributed by atoms with Crippen LogP contribution in [0.4, 0.5) is 0 Å². The molecule has 0 saturated heterocycles. The molecule has 0 aliphatic carbocycles. The Kier molecular flexibility index (Phi) is 13.0. The fourth-order valence-corrected chi connectivity index (χ4v) is 0.136. The van der Waals surface area contributed by atoms with Gasteiger partial charge in [0.2, 0.25) is 0 Å². The maximum Gasteiger partial charge on any atom is 0.327 e. The molecule has 2 N–H and O–H groups in total. The average molecular weight is 160 g/mol. The van der Waals surface area contributed by atoms with Crippen LogP contribution in [0, 0.1) is 0 Å². The van der Waals surface area contributed by atoms with Crippen LogP contribution in [-0.2, 0) is 9.53 Å². The maximum atomic E-state index is 9.25. The van der Waals surface area contributed by atoms with Crippen molar-refractivity contribution in [3.63, 3.8) is 0 Å². The minimum absolute atomic E-state index is 0.0615. The molecule has 4 nitrogen and oxygen atoms in total. The van der Waals surface area contributed by atoms with Gasteiger partial charge in [0.05, 0.1) is 12.9 Å². The number of aliphatic hydroxyl groups excluding tert-OH is 1. The molecule has 0 aliphatic heterocycles. The number of rotatable bonds is 4. The van der Waals surface area contributed by atoms with Crippen molar-refractivity contribution in [3.8, 4) is 0 Å². The first kappa shape index (κ1) is 12.4. The second kappa shape index (κ2) is 11.5. The molecule has 0 atom stereocenters. The molecule has 0 aliphatic rings. The van der Waals surface area contributed by atoms with E-state index in [0.29, 0.717) is 6.61 Å². The van der Waals surface area contributed by atoms with Crippen LogP contribution in [0.1, 0.15) is 0 Å². The molecule has 64 valence electrons. The molecule has 0 aromatic rings. The van der Waals surface area contributed by atoms with Crippen molar-refractivity contribution < 1.29 is 19.7 Å². The number of carbonyl (C=O) groups is 1. The molecular formula is C7H12O4. The number of hydrogen-bond acceptors (Lipinski definition) is 3. The Bertz CT molecular complexity index is 120. The first-order valence-electron chi connectivity index (χ1n) is 2.87. The van der Waals surface area contributed by atoms with Gasteiger partial charge in [-0.2, -0.15) is 0 Å². The molecule has 11 heavy (non-hydrogen) atoms. The van der Waals surface area contributed by atoms with Crippen molar-refractivity contribution in [2.45, 2.75) is 0 Å². The van der Waals surface area contributed by atoms with Crippen LogP contribution in [-0.4, -0.2) is 29.4 Å². The summed E-state index contributed by atoms with van der Waals surface area (Å²) >= 11 is 0. The molecule has 0 rings (SSSR count). The third kappa shape index (κ3) is 28.5. The van der Waals surface area contributed by atoms with Gasteiger partial charge in [0, 0.05) is 6.08 Å². The zero-order valence-corrected chi connectivity index (χ0v) is 6.19. The molecule has 0 aromatic carbocycles. The van der Waals surface area contributed by atoms with Gasteiger partial charge in [0.15, 0.2) is 0 Å². The summed E-state index contributed by atoms with van der Waals surface area (Å²) in [4.78, 5) is 9.25. The Morgan fingerprint density at radius 3 is 2.09 bits per heavy atom. The summed E-state index contributed by atoms with van der Waals surface area (Å²) in [5.41, 5.74) is 0. The summed E-state index contributed by atoms with van der Waals surface area (Å²) in [6.07, 6.45) is 2.14. The largest absolute Gasteiger partial charge is 0.499 e. The summed E-state index contributed by atoms with van der Waals surface area (Å²) in [6.45, 7) is 6.64. The van der Waals surface area contributed by atoms with E-state index in [9.17, 15) is 4.79 Å². The highest BCUT2D eigenvalue weighted by molar-refractivity contribution is 5.78. The van der Waals surface area contributed by atoms with E-state index in [2.05, 4.69) is 17.9 Å². The van der Waals surface area contributed by atoms with Crippen LogP contribution in [0.2, 0.25) is 0 Å². The van der Waals surface area contributed by atoms with Crippen molar-refractivity contribution >= 4 is 5.97 Å². The lowest BCUT2D eigenvalue weighted by atomic mass is 10.7. The molecule has 0 fully saturated rings. The lowest BCUT2D eigenvalue weighted by molar-refractivity contribution is -0.131. The van der Waals surface area contributed by atoms with E-state index in [0.717, 1.165) is 6.08 Å². The fraction of sp³-hybridized carbons (Fsp3) is 0.286. The van der Waals surface area contributed by atoms with Crippen LogP contribution in [0.25, 0.3) is 0 Å². The monoisotopic (exact) mass is 160 g/mol. The third-order valence-electron chi connectivity index (χ3n) is 0.502. The van der Waals surface area contributed by atoms with Crippen LogP contribution in [0.5, 0.6) is 0 Å². The van der Waals surface area contributed by atoms with Crippen molar-refractivity contribution in [1.29, 1.82) is 0 Å². The number of aliphatic hydroxyl groups is 1. The second-order valence-electron chi connectivity index (χ2n) is 1.30.